The minimum atomic E-state index is -0.171. The van der Waals surface area contributed by atoms with Gasteiger partial charge >= 0.3 is 6.09 Å². The first kappa shape index (κ1) is 23.5. The Hall–Kier alpha value is -4.37. The van der Waals surface area contributed by atoms with Gasteiger partial charge in [0.1, 0.15) is 6.61 Å². The number of benzene rings is 5. The normalized spacial score (nSPS) is 19.8. The average molecular weight is 522 g/mol. The molecule has 40 heavy (non-hydrogen) atoms. The van der Waals surface area contributed by atoms with E-state index in [-0.39, 0.29) is 24.1 Å². The molecule has 2 bridgehead atoms. The molecule has 0 radical (unpaired) electrons. The van der Waals surface area contributed by atoms with Crippen molar-refractivity contribution in [2.45, 2.75) is 43.7 Å². The third-order valence-corrected chi connectivity index (χ3v) is 9.30. The van der Waals surface area contributed by atoms with Crippen LogP contribution in [0.25, 0.3) is 38.2 Å². The lowest BCUT2D eigenvalue weighted by molar-refractivity contribution is 0.0539. The van der Waals surface area contributed by atoms with Crippen LogP contribution in [-0.2, 0) is 4.74 Å². The summed E-state index contributed by atoms with van der Waals surface area (Å²) in [4.78, 5) is 15.7. The predicted octanol–water partition coefficient (Wildman–Crippen LogP) is 8.95. The zero-order valence-electron chi connectivity index (χ0n) is 22.4. The lowest BCUT2D eigenvalue weighted by Crippen LogP contribution is -2.51. The van der Waals surface area contributed by atoms with Crippen LogP contribution in [0.15, 0.2) is 109 Å². The fourth-order valence-corrected chi connectivity index (χ4v) is 7.50. The smallest absolute Gasteiger partial charge is 0.410 e. The fourth-order valence-electron chi connectivity index (χ4n) is 7.50. The summed E-state index contributed by atoms with van der Waals surface area (Å²) in [7, 11) is 0. The number of fused-ring (bicyclic) bond motifs is 8. The van der Waals surface area contributed by atoms with Gasteiger partial charge < -0.3 is 4.74 Å². The van der Waals surface area contributed by atoms with Gasteiger partial charge in [-0.1, -0.05) is 103 Å². The van der Waals surface area contributed by atoms with Gasteiger partial charge in [-0.05, 0) is 86.7 Å². The Morgan fingerprint density at radius 2 is 1.38 bits per heavy atom. The first-order chi connectivity index (χ1) is 19.8. The zero-order chi connectivity index (χ0) is 26.6. The molecule has 3 heteroatoms. The Morgan fingerprint density at radius 3 is 2.12 bits per heavy atom. The van der Waals surface area contributed by atoms with Crippen LogP contribution in [0.3, 0.4) is 0 Å². The molecule has 2 atom stereocenters. The Bertz CT molecular complexity index is 1770. The molecule has 2 heterocycles. The molecule has 5 aromatic carbocycles. The van der Waals surface area contributed by atoms with E-state index in [0.29, 0.717) is 6.61 Å². The molecular formula is C37H31NO2. The second-order valence-corrected chi connectivity index (χ2v) is 11.5. The van der Waals surface area contributed by atoms with Gasteiger partial charge in [0.25, 0.3) is 0 Å². The molecule has 5 aromatic rings. The number of amides is 1. The number of nitrogens with zero attached hydrogens (tertiary/aromatic N) is 1. The van der Waals surface area contributed by atoms with Crippen LogP contribution in [0.5, 0.6) is 0 Å². The van der Waals surface area contributed by atoms with Crippen molar-refractivity contribution in [3.63, 3.8) is 0 Å². The highest BCUT2D eigenvalue weighted by Crippen LogP contribution is 2.45. The van der Waals surface area contributed by atoms with Crippen LogP contribution in [0.1, 0.15) is 48.3 Å². The molecule has 1 amide bonds. The van der Waals surface area contributed by atoms with Crippen LogP contribution < -0.4 is 0 Å². The molecule has 196 valence electrons. The highest BCUT2D eigenvalue weighted by Gasteiger charge is 2.39. The second kappa shape index (κ2) is 9.38. The van der Waals surface area contributed by atoms with Gasteiger partial charge in [-0.25, -0.2) is 4.79 Å². The van der Waals surface area contributed by atoms with Crippen LogP contribution in [0.4, 0.5) is 4.79 Å². The van der Waals surface area contributed by atoms with E-state index in [1.54, 1.807) is 0 Å². The van der Waals surface area contributed by atoms with E-state index in [2.05, 4.69) is 109 Å². The molecule has 8 rings (SSSR count). The molecule has 1 aliphatic carbocycles. The van der Waals surface area contributed by atoms with Gasteiger partial charge in [0.15, 0.2) is 0 Å². The standard InChI is InChI=1S/C37H31NO2/c39-37(40-23-36-33-18-7-4-15-30(33)31-16-5-8-19-34(31)36)38-26-11-9-12-27(38)21-25(20-26)35-22-24-10-1-2-13-28(24)29-14-3-6-17-32(29)35/h1-8,10,13-20,22,26-27,36H,9,11-12,21,23H2. The molecule has 0 saturated carbocycles. The van der Waals surface area contributed by atoms with Crippen LogP contribution in [0, 0.1) is 0 Å². The number of carbonyl (C=O) groups is 1. The summed E-state index contributed by atoms with van der Waals surface area (Å²) in [6, 6.07) is 37.0. The topological polar surface area (TPSA) is 29.5 Å². The van der Waals surface area contributed by atoms with Crippen molar-refractivity contribution in [3.05, 3.63) is 126 Å². The fraction of sp³-hybridized carbons (Fsp3) is 0.216. The summed E-state index contributed by atoms with van der Waals surface area (Å²) < 4.78 is 6.14. The Morgan fingerprint density at radius 1 is 0.725 bits per heavy atom. The van der Waals surface area contributed by atoms with Crippen LogP contribution in [0.2, 0.25) is 0 Å². The van der Waals surface area contributed by atoms with Gasteiger partial charge in [0.2, 0.25) is 0 Å². The van der Waals surface area contributed by atoms with E-state index < -0.39 is 0 Å². The summed E-state index contributed by atoms with van der Waals surface area (Å²) in [6.07, 6.45) is 6.19. The van der Waals surface area contributed by atoms with E-state index in [0.717, 1.165) is 25.7 Å². The minimum Gasteiger partial charge on any atom is -0.448 e. The molecular weight excluding hydrogens is 490 g/mol. The quantitative estimate of drug-likeness (QED) is 0.222. The molecule has 2 unspecified atom stereocenters. The van der Waals surface area contributed by atoms with Crippen molar-refractivity contribution >= 4 is 33.2 Å². The highest BCUT2D eigenvalue weighted by atomic mass is 16.6. The van der Waals surface area contributed by atoms with Gasteiger partial charge in [0, 0.05) is 12.0 Å². The van der Waals surface area contributed by atoms with Crippen molar-refractivity contribution in [2.75, 3.05) is 6.61 Å². The second-order valence-electron chi connectivity index (χ2n) is 11.5. The maximum Gasteiger partial charge on any atom is 0.410 e. The number of hydrogen-bond acceptors (Lipinski definition) is 2. The molecule has 2 aliphatic heterocycles. The Kier molecular flexibility index (Phi) is 5.51. The van der Waals surface area contributed by atoms with Crippen molar-refractivity contribution in [1.82, 2.24) is 4.90 Å². The predicted molar refractivity (Wildman–Crippen MR) is 162 cm³/mol. The molecule has 0 aromatic heterocycles. The van der Waals surface area contributed by atoms with Crippen LogP contribution >= 0.6 is 0 Å². The largest absolute Gasteiger partial charge is 0.448 e. The molecule has 0 spiro atoms. The maximum atomic E-state index is 13.7. The van der Waals surface area contributed by atoms with E-state index >= 15 is 0 Å². The molecule has 0 N–H and O–H groups in total. The molecule has 3 aliphatic rings. The molecule has 3 nitrogen and oxygen atoms in total. The molecule has 1 fully saturated rings. The van der Waals surface area contributed by atoms with Gasteiger partial charge in [-0.2, -0.15) is 0 Å². The monoisotopic (exact) mass is 521 g/mol. The zero-order valence-corrected chi connectivity index (χ0v) is 22.4. The van der Waals surface area contributed by atoms with E-state index in [4.69, 9.17) is 4.74 Å². The SMILES string of the molecule is O=C(OCC1c2ccccc2-c2ccccc21)N1C2C=C(c3cc4ccccc4c4ccccc34)CC1CCC2. The third-order valence-electron chi connectivity index (χ3n) is 9.30. The Labute approximate surface area is 234 Å². The number of ether oxygens (including phenoxy) is 1. The Balaban J connectivity index is 1.09. The van der Waals surface area contributed by atoms with Gasteiger partial charge in [-0.3, -0.25) is 4.90 Å². The number of carbonyl (C=O) groups excluding carboxylic acids is 1. The van der Waals surface area contributed by atoms with Crippen molar-refractivity contribution in [3.8, 4) is 11.1 Å². The van der Waals surface area contributed by atoms with E-state index in [1.807, 2.05) is 4.90 Å². The van der Waals surface area contributed by atoms with Crippen molar-refractivity contribution in [2.24, 2.45) is 0 Å². The van der Waals surface area contributed by atoms with Gasteiger partial charge in [0.05, 0.1) is 6.04 Å². The summed E-state index contributed by atoms with van der Waals surface area (Å²) in [6.45, 7) is 0.370. The number of hydrogen-bond donors (Lipinski definition) is 0. The number of piperidine rings is 1. The minimum absolute atomic E-state index is 0.0726. The third kappa shape index (κ3) is 3.68. The summed E-state index contributed by atoms with van der Waals surface area (Å²) in [5.74, 6) is 0.0797. The maximum absolute atomic E-state index is 13.7. The summed E-state index contributed by atoms with van der Waals surface area (Å²) in [5, 5.41) is 5.14. The van der Waals surface area contributed by atoms with Gasteiger partial charge in [-0.15, -0.1) is 0 Å². The first-order valence-corrected chi connectivity index (χ1v) is 14.5. The lowest BCUT2D eigenvalue weighted by atomic mass is 9.81. The molecule has 1 saturated heterocycles. The summed E-state index contributed by atoms with van der Waals surface area (Å²) in [5.41, 5.74) is 7.67. The first-order valence-electron chi connectivity index (χ1n) is 14.5. The highest BCUT2D eigenvalue weighted by molar-refractivity contribution is 6.12. The summed E-state index contributed by atoms with van der Waals surface area (Å²) >= 11 is 0. The van der Waals surface area contributed by atoms with Crippen LogP contribution in [-0.4, -0.2) is 29.7 Å². The number of rotatable bonds is 3. The van der Waals surface area contributed by atoms with Crippen molar-refractivity contribution in [1.29, 1.82) is 0 Å². The van der Waals surface area contributed by atoms with E-state index in [1.165, 1.54) is 54.9 Å². The lowest BCUT2D eigenvalue weighted by Gasteiger charge is -2.44. The average Bonchev–Trinajstić information content (AvgIpc) is 3.32. The van der Waals surface area contributed by atoms with E-state index in [9.17, 15) is 4.79 Å². The van der Waals surface area contributed by atoms with Crippen molar-refractivity contribution < 1.29 is 9.53 Å².